The van der Waals surface area contributed by atoms with Crippen molar-refractivity contribution in [1.82, 2.24) is 14.9 Å². The van der Waals surface area contributed by atoms with Gasteiger partial charge < -0.3 is 5.32 Å². The summed E-state index contributed by atoms with van der Waals surface area (Å²) >= 11 is 0. The molecule has 0 atom stereocenters. The van der Waals surface area contributed by atoms with Gasteiger partial charge in [-0.3, -0.25) is 19.1 Å². The zero-order valence-electron chi connectivity index (χ0n) is 17.1. The minimum absolute atomic E-state index is 0.0822. The summed E-state index contributed by atoms with van der Waals surface area (Å²) in [6.45, 7) is 4.37. The Morgan fingerprint density at radius 2 is 1.83 bits per heavy atom. The first-order valence-electron chi connectivity index (χ1n) is 10.00. The highest BCUT2D eigenvalue weighted by molar-refractivity contribution is 5.97. The van der Waals surface area contributed by atoms with Gasteiger partial charge in [0.15, 0.2) is 0 Å². The van der Waals surface area contributed by atoms with Gasteiger partial charge in [-0.1, -0.05) is 31.2 Å². The van der Waals surface area contributed by atoms with Gasteiger partial charge in [0.05, 0.1) is 5.52 Å². The maximum absolute atomic E-state index is 12.4. The lowest BCUT2D eigenvalue weighted by molar-refractivity contribution is 0.0912. The summed E-state index contributed by atoms with van der Waals surface area (Å²) in [4.78, 5) is 28.6. The van der Waals surface area contributed by atoms with E-state index in [0.717, 1.165) is 33.2 Å². The van der Waals surface area contributed by atoms with Crippen molar-refractivity contribution in [2.75, 3.05) is 0 Å². The Morgan fingerprint density at radius 1 is 1.03 bits per heavy atom. The van der Waals surface area contributed by atoms with Crippen LogP contribution in [0.4, 0.5) is 0 Å². The molecule has 4 rings (SSSR count). The fourth-order valence-electron chi connectivity index (χ4n) is 3.65. The SMILES string of the molecule is CCC(=O)n1ccc2c(C)c(-c3ccc(C(=O)NCc4cccnc4)cc3)ccc21. The van der Waals surface area contributed by atoms with E-state index >= 15 is 0 Å². The molecule has 150 valence electrons. The summed E-state index contributed by atoms with van der Waals surface area (Å²) in [5, 5.41) is 3.98. The van der Waals surface area contributed by atoms with Crippen LogP contribution < -0.4 is 5.32 Å². The lowest BCUT2D eigenvalue weighted by Gasteiger charge is -2.10. The molecule has 0 bridgehead atoms. The molecule has 1 N–H and O–H groups in total. The van der Waals surface area contributed by atoms with Crippen molar-refractivity contribution in [3.63, 3.8) is 0 Å². The van der Waals surface area contributed by atoms with Crippen LogP contribution in [0.1, 0.15) is 39.6 Å². The second-order valence-electron chi connectivity index (χ2n) is 7.23. The molecule has 0 fully saturated rings. The molecule has 0 radical (unpaired) electrons. The molecule has 5 heteroatoms. The van der Waals surface area contributed by atoms with Gasteiger partial charge in [0, 0.05) is 42.5 Å². The minimum atomic E-state index is -0.118. The van der Waals surface area contributed by atoms with Crippen molar-refractivity contribution < 1.29 is 9.59 Å². The largest absolute Gasteiger partial charge is 0.348 e. The van der Waals surface area contributed by atoms with E-state index in [1.54, 1.807) is 17.0 Å². The maximum Gasteiger partial charge on any atom is 0.251 e. The van der Waals surface area contributed by atoms with E-state index in [-0.39, 0.29) is 11.8 Å². The van der Waals surface area contributed by atoms with E-state index in [9.17, 15) is 9.59 Å². The zero-order chi connectivity index (χ0) is 21.1. The van der Waals surface area contributed by atoms with Crippen LogP contribution in [-0.2, 0) is 6.54 Å². The molecular formula is C25H23N3O2. The average Bonchev–Trinajstić information content (AvgIpc) is 3.23. The Morgan fingerprint density at radius 3 is 2.53 bits per heavy atom. The first-order valence-corrected chi connectivity index (χ1v) is 10.00. The summed E-state index contributed by atoms with van der Waals surface area (Å²) in [5.74, 6) is -0.0356. The summed E-state index contributed by atoms with van der Waals surface area (Å²) in [7, 11) is 0. The number of fused-ring (bicyclic) bond motifs is 1. The highest BCUT2D eigenvalue weighted by Gasteiger charge is 2.13. The predicted octanol–water partition coefficient (Wildman–Crippen LogP) is 4.99. The number of nitrogens with zero attached hydrogens (tertiary/aromatic N) is 2. The fraction of sp³-hybridized carbons (Fsp3) is 0.160. The number of hydrogen-bond acceptors (Lipinski definition) is 3. The van der Waals surface area contributed by atoms with Crippen LogP contribution in [0.2, 0.25) is 0 Å². The lowest BCUT2D eigenvalue weighted by Crippen LogP contribution is -2.22. The summed E-state index contributed by atoms with van der Waals surface area (Å²) in [6.07, 6.45) is 5.75. The first-order chi connectivity index (χ1) is 14.6. The van der Waals surface area contributed by atoms with Gasteiger partial charge >= 0.3 is 0 Å². The number of aromatic nitrogens is 2. The van der Waals surface area contributed by atoms with Gasteiger partial charge in [-0.15, -0.1) is 0 Å². The normalized spacial score (nSPS) is 10.9. The summed E-state index contributed by atoms with van der Waals surface area (Å²) < 4.78 is 1.71. The predicted molar refractivity (Wildman–Crippen MR) is 118 cm³/mol. The van der Waals surface area contributed by atoms with Crippen molar-refractivity contribution >= 4 is 22.7 Å². The number of hydrogen-bond donors (Lipinski definition) is 1. The molecule has 30 heavy (non-hydrogen) atoms. The van der Waals surface area contributed by atoms with E-state index in [1.165, 1.54) is 0 Å². The number of nitrogens with one attached hydrogen (secondary N) is 1. The Balaban J connectivity index is 1.55. The van der Waals surface area contributed by atoms with Gasteiger partial charge in [-0.05, 0) is 59.5 Å². The fourth-order valence-corrected chi connectivity index (χ4v) is 3.65. The number of pyridine rings is 1. The number of carbonyl (C=O) groups is 2. The highest BCUT2D eigenvalue weighted by Crippen LogP contribution is 2.30. The average molecular weight is 397 g/mol. The Hall–Kier alpha value is -3.73. The molecule has 0 saturated heterocycles. The van der Waals surface area contributed by atoms with Gasteiger partial charge in [0.25, 0.3) is 5.91 Å². The first kappa shape index (κ1) is 19.6. The molecule has 2 aromatic heterocycles. The van der Waals surface area contributed by atoms with Crippen molar-refractivity contribution in [2.45, 2.75) is 26.8 Å². The van der Waals surface area contributed by atoms with Gasteiger partial charge in [-0.25, -0.2) is 0 Å². The van der Waals surface area contributed by atoms with Crippen LogP contribution >= 0.6 is 0 Å². The summed E-state index contributed by atoms with van der Waals surface area (Å²) in [5.41, 5.74) is 5.73. The molecule has 0 aliphatic heterocycles. The maximum atomic E-state index is 12.4. The molecule has 0 aliphatic carbocycles. The van der Waals surface area contributed by atoms with Crippen LogP contribution in [0.25, 0.3) is 22.0 Å². The van der Waals surface area contributed by atoms with Crippen LogP contribution in [0.3, 0.4) is 0 Å². The third kappa shape index (κ3) is 3.74. The quantitative estimate of drug-likeness (QED) is 0.516. The minimum Gasteiger partial charge on any atom is -0.348 e. The van der Waals surface area contributed by atoms with E-state index in [2.05, 4.69) is 17.2 Å². The van der Waals surface area contributed by atoms with Crippen molar-refractivity contribution in [2.24, 2.45) is 0 Å². The topological polar surface area (TPSA) is 64.0 Å². The molecule has 0 aliphatic rings. The number of aryl methyl sites for hydroxylation is 1. The molecule has 5 nitrogen and oxygen atoms in total. The second kappa shape index (κ2) is 8.33. The Kier molecular flexibility index (Phi) is 5.44. The van der Waals surface area contributed by atoms with E-state index in [0.29, 0.717) is 18.5 Å². The number of benzene rings is 2. The molecule has 2 heterocycles. The molecule has 4 aromatic rings. The standard InChI is InChI=1S/C25H23N3O2/c1-3-24(29)28-14-12-22-17(2)21(10-11-23(22)28)19-6-8-20(9-7-19)25(30)27-16-18-5-4-13-26-15-18/h4-15H,3,16H2,1-2H3,(H,27,30). The van der Waals surface area contributed by atoms with Crippen molar-refractivity contribution in [1.29, 1.82) is 0 Å². The second-order valence-corrected chi connectivity index (χ2v) is 7.23. The third-order valence-corrected chi connectivity index (χ3v) is 5.35. The number of rotatable bonds is 5. The zero-order valence-corrected chi connectivity index (χ0v) is 17.1. The molecule has 2 aromatic carbocycles. The molecule has 0 spiro atoms. The van der Waals surface area contributed by atoms with E-state index < -0.39 is 0 Å². The van der Waals surface area contributed by atoms with Gasteiger partial charge in [-0.2, -0.15) is 0 Å². The van der Waals surface area contributed by atoms with Crippen LogP contribution in [0, 0.1) is 6.92 Å². The van der Waals surface area contributed by atoms with Gasteiger partial charge in [0.2, 0.25) is 5.91 Å². The molecular weight excluding hydrogens is 374 g/mol. The highest BCUT2D eigenvalue weighted by atomic mass is 16.2. The summed E-state index contributed by atoms with van der Waals surface area (Å²) in [6, 6.07) is 17.4. The smallest absolute Gasteiger partial charge is 0.251 e. The third-order valence-electron chi connectivity index (χ3n) is 5.35. The van der Waals surface area contributed by atoms with Crippen LogP contribution in [-0.4, -0.2) is 21.4 Å². The molecule has 0 saturated carbocycles. The monoisotopic (exact) mass is 397 g/mol. The van der Waals surface area contributed by atoms with Gasteiger partial charge in [0.1, 0.15) is 0 Å². The number of amides is 1. The Bertz CT molecular complexity index is 1210. The molecule has 0 unspecified atom stereocenters. The van der Waals surface area contributed by atoms with Crippen molar-refractivity contribution in [3.05, 3.63) is 89.9 Å². The van der Waals surface area contributed by atoms with Crippen LogP contribution in [0.5, 0.6) is 0 Å². The molecule has 1 amide bonds. The van der Waals surface area contributed by atoms with Crippen LogP contribution in [0.15, 0.2) is 73.2 Å². The van der Waals surface area contributed by atoms with Crippen molar-refractivity contribution in [3.8, 4) is 11.1 Å². The van der Waals surface area contributed by atoms with E-state index in [1.807, 2.05) is 67.7 Å². The lowest BCUT2D eigenvalue weighted by atomic mass is 9.97. The number of carbonyl (C=O) groups excluding carboxylic acids is 2. The Labute approximate surface area is 175 Å². The van der Waals surface area contributed by atoms with E-state index in [4.69, 9.17) is 0 Å².